The Morgan fingerprint density at radius 1 is 0.875 bits per heavy atom. The standard InChI is InChI=1S/C17H9F3O4/c18-17(19,20)16(23)24-8-9-5-6-12-13(7-9)15(22)11-4-2-1-3-10(11)14(12)21/h1-7H,8H2. The summed E-state index contributed by atoms with van der Waals surface area (Å²) >= 11 is 0. The molecule has 0 saturated heterocycles. The van der Waals surface area contributed by atoms with E-state index >= 15 is 0 Å². The maximum atomic E-state index is 12.5. The molecule has 0 bridgehead atoms. The van der Waals surface area contributed by atoms with Crippen LogP contribution >= 0.6 is 0 Å². The van der Waals surface area contributed by atoms with Crippen LogP contribution in [0.5, 0.6) is 0 Å². The molecule has 0 fully saturated rings. The fraction of sp³-hybridized carbons (Fsp3) is 0.118. The predicted molar refractivity (Wildman–Crippen MR) is 75.6 cm³/mol. The zero-order valence-electron chi connectivity index (χ0n) is 12.0. The van der Waals surface area contributed by atoms with E-state index in [9.17, 15) is 27.6 Å². The number of hydrogen-bond acceptors (Lipinski definition) is 4. The Morgan fingerprint density at radius 2 is 1.42 bits per heavy atom. The summed E-state index contributed by atoms with van der Waals surface area (Å²) in [6, 6.07) is 10.3. The van der Waals surface area contributed by atoms with Crippen LogP contribution in [0.15, 0.2) is 42.5 Å². The van der Waals surface area contributed by atoms with Gasteiger partial charge >= 0.3 is 12.1 Å². The highest BCUT2D eigenvalue weighted by Crippen LogP contribution is 2.28. The van der Waals surface area contributed by atoms with E-state index in [0.717, 1.165) is 0 Å². The van der Waals surface area contributed by atoms with Crippen LogP contribution in [0.2, 0.25) is 0 Å². The van der Waals surface area contributed by atoms with Crippen molar-refractivity contribution in [3.05, 3.63) is 70.3 Å². The van der Waals surface area contributed by atoms with E-state index < -0.39 is 24.5 Å². The number of esters is 1. The zero-order valence-corrected chi connectivity index (χ0v) is 12.0. The van der Waals surface area contributed by atoms with Crippen LogP contribution in [0.3, 0.4) is 0 Å². The topological polar surface area (TPSA) is 60.4 Å². The highest BCUT2D eigenvalue weighted by atomic mass is 19.4. The van der Waals surface area contributed by atoms with E-state index in [1.54, 1.807) is 12.1 Å². The Kier molecular flexibility index (Phi) is 3.71. The monoisotopic (exact) mass is 334 g/mol. The minimum Gasteiger partial charge on any atom is -0.454 e. The molecule has 1 aliphatic carbocycles. The Hall–Kier alpha value is -2.96. The molecule has 2 aromatic rings. The van der Waals surface area contributed by atoms with Crippen molar-refractivity contribution >= 4 is 17.5 Å². The van der Waals surface area contributed by atoms with E-state index in [0.29, 0.717) is 0 Å². The van der Waals surface area contributed by atoms with Gasteiger partial charge in [0.05, 0.1) is 0 Å². The summed E-state index contributed by atoms with van der Waals surface area (Å²) in [4.78, 5) is 35.6. The first-order valence-corrected chi connectivity index (χ1v) is 6.84. The number of fused-ring (bicyclic) bond motifs is 2. The van der Waals surface area contributed by atoms with Gasteiger partial charge in [0.1, 0.15) is 6.61 Å². The van der Waals surface area contributed by atoms with Gasteiger partial charge in [0, 0.05) is 22.3 Å². The summed E-state index contributed by atoms with van der Waals surface area (Å²) in [6.07, 6.45) is -5.08. The van der Waals surface area contributed by atoms with Crippen LogP contribution in [0.25, 0.3) is 0 Å². The fourth-order valence-corrected chi connectivity index (χ4v) is 2.47. The number of carbonyl (C=O) groups is 3. The van der Waals surface area contributed by atoms with E-state index in [4.69, 9.17) is 0 Å². The molecule has 0 amide bonds. The number of ketones is 2. The van der Waals surface area contributed by atoms with Gasteiger partial charge < -0.3 is 4.74 Å². The van der Waals surface area contributed by atoms with Crippen LogP contribution < -0.4 is 0 Å². The second kappa shape index (κ2) is 5.59. The minimum atomic E-state index is -5.08. The van der Waals surface area contributed by atoms with Crippen LogP contribution in [-0.2, 0) is 16.1 Å². The zero-order chi connectivity index (χ0) is 17.5. The van der Waals surface area contributed by atoms with Crippen molar-refractivity contribution in [1.82, 2.24) is 0 Å². The number of carbonyl (C=O) groups excluding carboxylic acids is 3. The summed E-state index contributed by atoms with van der Waals surface area (Å²) < 4.78 is 40.5. The Labute approximate surface area is 133 Å². The van der Waals surface area contributed by atoms with E-state index in [1.165, 1.54) is 30.3 Å². The van der Waals surface area contributed by atoms with Crippen molar-refractivity contribution < 1.29 is 32.3 Å². The molecule has 24 heavy (non-hydrogen) atoms. The highest BCUT2D eigenvalue weighted by molar-refractivity contribution is 6.28. The number of benzene rings is 2. The average molecular weight is 334 g/mol. The number of alkyl halides is 3. The van der Waals surface area contributed by atoms with E-state index in [2.05, 4.69) is 4.74 Å². The summed E-state index contributed by atoms with van der Waals surface area (Å²) in [7, 11) is 0. The van der Waals surface area contributed by atoms with E-state index in [-0.39, 0.29) is 33.6 Å². The molecule has 0 saturated carbocycles. The number of halogens is 3. The molecule has 0 atom stereocenters. The molecule has 3 rings (SSSR count). The first-order chi connectivity index (χ1) is 11.3. The van der Waals surface area contributed by atoms with Crippen LogP contribution in [0, 0.1) is 0 Å². The quantitative estimate of drug-likeness (QED) is 0.676. The molecule has 0 heterocycles. The van der Waals surface area contributed by atoms with Gasteiger partial charge in [-0.25, -0.2) is 4.79 Å². The average Bonchev–Trinajstić information content (AvgIpc) is 2.56. The van der Waals surface area contributed by atoms with Crippen molar-refractivity contribution in [3.8, 4) is 0 Å². The normalized spacial score (nSPS) is 13.3. The lowest BCUT2D eigenvalue weighted by atomic mass is 9.83. The molecule has 0 radical (unpaired) electrons. The molecule has 0 unspecified atom stereocenters. The van der Waals surface area contributed by atoms with E-state index in [1.807, 2.05) is 0 Å². The third-order valence-electron chi connectivity index (χ3n) is 3.59. The minimum absolute atomic E-state index is 0.0826. The first-order valence-electron chi connectivity index (χ1n) is 6.84. The largest absolute Gasteiger partial charge is 0.490 e. The lowest BCUT2D eigenvalue weighted by Gasteiger charge is -2.18. The number of rotatable bonds is 2. The van der Waals surface area contributed by atoms with Gasteiger partial charge in [0.25, 0.3) is 0 Å². The fourth-order valence-electron chi connectivity index (χ4n) is 2.47. The predicted octanol–water partition coefficient (Wildman–Crippen LogP) is 3.07. The van der Waals surface area contributed by atoms with Crippen molar-refractivity contribution in [2.45, 2.75) is 12.8 Å². The van der Waals surface area contributed by atoms with Crippen molar-refractivity contribution in [2.24, 2.45) is 0 Å². The summed E-state index contributed by atoms with van der Waals surface area (Å²) in [5.74, 6) is -3.05. The van der Waals surface area contributed by atoms with Gasteiger partial charge in [-0.05, 0) is 17.7 Å². The molecule has 7 heteroatoms. The molecule has 0 N–H and O–H groups in total. The summed E-state index contributed by atoms with van der Waals surface area (Å²) in [5.41, 5.74) is 0.960. The maximum Gasteiger partial charge on any atom is 0.490 e. The van der Waals surface area contributed by atoms with Crippen LogP contribution in [0.1, 0.15) is 37.4 Å². The van der Waals surface area contributed by atoms with Crippen LogP contribution in [-0.4, -0.2) is 23.7 Å². The van der Waals surface area contributed by atoms with Crippen molar-refractivity contribution in [3.63, 3.8) is 0 Å². The summed E-state index contributed by atoms with van der Waals surface area (Å²) in [5, 5.41) is 0. The third-order valence-corrected chi connectivity index (χ3v) is 3.59. The SMILES string of the molecule is O=C1c2ccccc2C(=O)c2cc(COC(=O)C(F)(F)F)ccc21. The first kappa shape index (κ1) is 15.9. The van der Waals surface area contributed by atoms with Gasteiger partial charge in [-0.15, -0.1) is 0 Å². The van der Waals surface area contributed by atoms with Gasteiger partial charge in [-0.3, -0.25) is 9.59 Å². The second-order valence-corrected chi connectivity index (χ2v) is 5.16. The smallest absolute Gasteiger partial charge is 0.454 e. The molecule has 0 aromatic heterocycles. The van der Waals surface area contributed by atoms with Gasteiger partial charge in [0.2, 0.25) is 0 Å². The second-order valence-electron chi connectivity index (χ2n) is 5.16. The van der Waals surface area contributed by atoms with Gasteiger partial charge in [-0.1, -0.05) is 30.3 Å². The van der Waals surface area contributed by atoms with Gasteiger partial charge in [0.15, 0.2) is 11.6 Å². The molecule has 1 aliphatic rings. The van der Waals surface area contributed by atoms with Crippen molar-refractivity contribution in [2.75, 3.05) is 0 Å². The number of ether oxygens (including phenoxy) is 1. The molecule has 2 aromatic carbocycles. The molecule has 4 nitrogen and oxygen atoms in total. The Bertz CT molecular complexity index is 868. The maximum absolute atomic E-state index is 12.5. The Morgan fingerprint density at radius 3 is 2.00 bits per heavy atom. The lowest BCUT2D eigenvalue weighted by Crippen LogP contribution is -2.25. The third kappa shape index (κ3) is 2.68. The molecular weight excluding hydrogens is 325 g/mol. The highest BCUT2D eigenvalue weighted by Gasteiger charge is 2.41. The van der Waals surface area contributed by atoms with Crippen LogP contribution in [0.4, 0.5) is 13.2 Å². The van der Waals surface area contributed by atoms with Crippen molar-refractivity contribution in [1.29, 1.82) is 0 Å². The number of hydrogen-bond donors (Lipinski definition) is 0. The molecule has 0 aliphatic heterocycles. The molecule has 0 spiro atoms. The molecular formula is C17H9F3O4. The Balaban J connectivity index is 1.90. The van der Waals surface area contributed by atoms with Gasteiger partial charge in [-0.2, -0.15) is 13.2 Å². The molecule has 122 valence electrons. The lowest BCUT2D eigenvalue weighted by molar-refractivity contribution is -0.201. The summed E-state index contributed by atoms with van der Waals surface area (Å²) in [6.45, 7) is -0.644.